The van der Waals surface area contributed by atoms with Crippen molar-refractivity contribution in [2.24, 2.45) is 0 Å². The van der Waals surface area contributed by atoms with E-state index in [0.717, 1.165) is 29.5 Å². The first-order chi connectivity index (χ1) is 20.0. The van der Waals surface area contributed by atoms with Gasteiger partial charge in [-0.25, -0.2) is 4.68 Å². The van der Waals surface area contributed by atoms with Gasteiger partial charge in [0.1, 0.15) is 23.9 Å². The second-order valence-electron chi connectivity index (χ2n) is 9.94. The van der Waals surface area contributed by atoms with Crippen LogP contribution in [-0.2, 0) is 9.59 Å². The molecular weight excluding hydrogens is 560 g/mol. The number of aromatic nitrogens is 2. The van der Waals surface area contributed by atoms with Crippen LogP contribution in [0.4, 0.5) is 5.82 Å². The predicted octanol–water partition coefficient (Wildman–Crippen LogP) is 5.66. The summed E-state index contributed by atoms with van der Waals surface area (Å²) in [6.45, 7) is -0.130. The number of carbonyl (C=O) groups excluding carboxylic acids is 2. The molecule has 0 unspecified atom stereocenters. The summed E-state index contributed by atoms with van der Waals surface area (Å²) >= 11 is 8.19. The Kier molecular flexibility index (Phi) is 7.64. The van der Waals surface area contributed by atoms with Crippen LogP contribution >= 0.6 is 23.4 Å². The zero-order valence-corrected chi connectivity index (χ0v) is 24.2. The van der Waals surface area contributed by atoms with Gasteiger partial charge in [-0.15, -0.1) is 11.8 Å². The topological polar surface area (TPSA) is 85.7 Å². The highest BCUT2D eigenvalue weighted by Gasteiger charge is 2.39. The molecule has 1 aliphatic carbocycles. The van der Waals surface area contributed by atoms with Crippen LogP contribution in [-0.4, -0.2) is 54.2 Å². The summed E-state index contributed by atoms with van der Waals surface area (Å²) in [6, 6.07) is 23.0. The molecule has 1 fully saturated rings. The third-order valence-electron chi connectivity index (χ3n) is 7.18. The number of halogens is 1. The lowest BCUT2D eigenvalue weighted by Crippen LogP contribution is -2.43. The number of methoxy groups -OCH3 is 2. The smallest absolute Gasteiger partial charge is 0.240 e. The van der Waals surface area contributed by atoms with Crippen LogP contribution in [0.15, 0.2) is 72.8 Å². The number of nitrogens with one attached hydrogen (secondary N) is 1. The van der Waals surface area contributed by atoms with Crippen molar-refractivity contribution < 1.29 is 19.1 Å². The van der Waals surface area contributed by atoms with Crippen LogP contribution in [0.5, 0.6) is 11.5 Å². The fourth-order valence-electron chi connectivity index (χ4n) is 5.05. The number of ether oxygens (including phenoxy) is 2. The Morgan fingerprint density at radius 3 is 2.51 bits per heavy atom. The number of fused-ring (bicyclic) bond motifs is 1. The predicted molar refractivity (Wildman–Crippen MR) is 161 cm³/mol. The maximum absolute atomic E-state index is 13.9. The fourth-order valence-corrected chi connectivity index (χ4v) is 6.48. The Morgan fingerprint density at radius 2 is 1.80 bits per heavy atom. The summed E-state index contributed by atoms with van der Waals surface area (Å²) in [7, 11) is 3.24. The SMILES string of the molecule is COc1ccc(OC)c([C@@H]2SCC(=O)N(CC(=O)NC3CC3)c3c2c(-c2ccccc2)nn3-c2ccccc2Cl)c1. The van der Waals surface area contributed by atoms with E-state index in [1.165, 1.54) is 11.8 Å². The van der Waals surface area contributed by atoms with Gasteiger partial charge in [0.15, 0.2) is 0 Å². The van der Waals surface area contributed by atoms with Crippen LogP contribution in [0.25, 0.3) is 16.9 Å². The molecular formula is C31H29ClN4O4S. The summed E-state index contributed by atoms with van der Waals surface area (Å²) in [4.78, 5) is 28.6. The van der Waals surface area contributed by atoms with E-state index in [-0.39, 0.29) is 35.4 Å². The van der Waals surface area contributed by atoms with Crippen molar-refractivity contribution in [1.29, 1.82) is 0 Å². The van der Waals surface area contributed by atoms with Gasteiger partial charge in [-0.1, -0.05) is 54.1 Å². The molecule has 4 aromatic rings. The summed E-state index contributed by atoms with van der Waals surface area (Å²) in [5.74, 6) is 1.58. The van der Waals surface area contributed by atoms with Crippen molar-refractivity contribution in [2.75, 3.05) is 31.4 Å². The largest absolute Gasteiger partial charge is 0.497 e. The Bertz CT molecular complexity index is 1610. The molecule has 210 valence electrons. The minimum Gasteiger partial charge on any atom is -0.497 e. The molecule has 10 heteroatoms. The number of thioether (sulfide) groups is 1. The van der Waals surface area contributed by atoms with Crippen molar-refractivity contribution in [3.63, 3.8) is 0 Å². The van der Waals surface area contributed by atoms with Gasteiger partial charge in [-0.2, -0.15) is 5.10 Å². The van der Waals surface area contributed by atoms with Gasteiger partial charge in [0.05, 0.1) is 41.6 Å². The van der Waals surface area contributed by atoms with E-state index < -0.39 is 0 Å². The summed E-state index contributed by atoms with van der Waals surface area (Å²) < 4.78 is 13.1. The summed E-state index contributed by atoms with van der Waals surface area (Å²) in [6.07, 6.45) is 1.91. The first kappa shape index (κ1) is 27.2. The Hall–Kier alpha value is -3.95. The molecule has 1 aromatic heterocycles. The zero-order valence-electron chi connectivity index (χ0n) is 22.7. The van der Waals surface area contributed by atoms with Crippen LogP contribution in [0, 0.1) is 0 Å². The molecule has 8 nitrogen and oxygen atoms in total. The van der Waals surface area contributed by atoms with Crippen molar-refractivity contribution in [3.8, 4) is 28.4 Å². The molecule has 1 aliphatic heterocycles. The molecule has 41 heavy (non-hydrogen) atoms. The van der Waals surface area contributed by atoms with E-state index in [2.05, 4.69) is 5.32 Å². The van der Waals surface area contributed by atoms with Gasteiger partial charge in [-0.3, -0.25) is 14.5 Å². The minimum atomic E-state index is -0.373. The molecule has 1 N–H and O–H groups in total. The lowest BCUT2D eigenvalue weighted by Gasteiger charge is -2.24. The van der Waals surface area contributed by atoms with E-state index in [1.54, 1.807) is 29.9 Å². The summed E-state index contributed by atoms with van der Waals surface area (Å²) in [5.41, 5.74) is 3.80. The Balaban J connectivity index is 1.64. The highest BCUT2D eigenvalue weighted by atomic mass is 35.5. The van der Waals surface area contributed by atoms with Gasteiger partial charge < -0.3 is 14.8 Å². The third kappa shape index (κ3) is 5.39. The first-order valence-electron chi connectivity index (χ1n) is 13.3. The van der Waals surface area contributed by atoms with E-state index >= 15 is 0 Å². The zero-order chi connectivity index (χ0) is 28.5. The fraction of sp³-hybridized carbons (Fsp3) is 0.258. The van der Waals surface area contributed by atoms with Gasteiger partial charge in [0.25, 0.3) is 0 Å². The highest BCUT2D eigenvalue weighted by Crippen LogP contribution is 2.51. The van der Waals surface area contributed by atoms with E-state index in [0.29, 0.717) is 33.7 Å². The molecule has 6 rings (SSSR count). The molecule has 3 aromatic carbocycles. The van der Waals surface area contributed by atoms with Crippen LogP contribution < -0.4 is 19.7 Å². The number of anilines is 1. The standard InChI is InChI=1S/C31H29ClN4O4S/c1-39-21-14-15-25(40-2)22(16-21)30-28-29(19-8-4-3-5-9-19)34-36(24-11-7-6-10-23(24)32)31(28)35(27(38)18-41-30)17-26(37)33-20-12-13-20/h3-11,14-16,20,30H,12-13,17-18H2,1-2H3,(H,33,37)/t30-/m0/s1. The average molecular weight is 589 g/mol. The molecule has 1 saturated carbocycles. The Labute approximate surface area is 247 Å². The van der Waals surface area contributed by atoms with Crippen molar-refractivity contribution in [3.05, 3.63) is 88.9 Å². The number of nitrogens with zero attached hydrogens (tertiary/aromatic N) is 3. The first-order valence-corrected chi connectivity index (χ1v) is 14.8. The number of benzene rings is 3. The molecule has 0 radical (unpaired) electrons. The molecule has 1 atom stereocenters. The molecule has 0 saturated heterocycles. The normalized spacial score (nSPS) is 16.6. The van der Waals surface area contributed by atoms with E-state index in [9.17, 15) is 9.59 Å². The van der Waals surface area contributed by atoms with Crippen molar-refractivity contribution >= 4 is 41.0 Å². The minimum absolute atomic E-state index is 0.130. The average Bonchev–Trinajstić information content (AvgIpc) is 3.75. The van der Waals surface area contributed by atoms with E-state index in [4.69, 9.17) is 26.2 Å². The maximum Gasteiger partial charge on any atom is 0.240 e. The molecule has 0 spiro atoms. The second kappa shape index (κ2) is 11.5. The number of hydrogen-bond acceptors (Lipinski definition) is 6. The lowest BCUT2D eigenvalue weighted by molar-refractivity contribution is -0.123. The monoisotopic (exact) mass is 588 g/mol. The van der Waals surface area contributed by atoms with Crippen molar-refractivity contribution in [1.82, 2.24) is 15.1 Å². The van der Waals surface area contributed by atoms with Gasteiger partial charge >= 0.3 is 0 Å². The number of carbonyl (C=O) groups is 2. The number of hydrogen-bond donors (Lipinski definition) is 1. The number of para-hydroxylation sites is 1. The van der Waals surface area contributed by atoms with Crippen molar-refractivity contribution in [2.45, 2.75) is 24.1 Å². The highest BCUT2D eigenvalue weighted by molar-refractivity contribution is 8.00. The molecule has 2 amide bonds. The van der Waals surface area contributed by atoms with Gasteiger partial charge in [0, 0.05) is 22.7 Å². The number of amides is 2. The molecule has 2 heterocycles. The summed E-state index contributed by atoms with van der Waals surface area (Å²) in [5, 5.41) is 8.22. The van der Waals surface area contributed by atoms with Crippen LogP contribution in [0.1, 0.15) is 29.2 Å². The molecule has 0 bridgehead atoms. The third-order valence-corrected chi connectivity index (χ3v) is 8.74. The molecule has 2 aliphatic rings. The van der Waals surface area contributed by atoms with E-state index in [1.807, 2.05) is 66.7 Å². The van der Waals surface area contributed by atoms with Crippen LogP contribution in [0.3, 0.4) is 0 Å². The lowest BCUT2D eigenvalue weighted by atomic mass is 9.98. The van der Waals surface area contributed by atoms with Gasteiger partial charge in [-0.05, 0) is 43.2 Å². The van der Waals surface area contributed by atoms with Gasteiger partial charge in [0.2, 0.25) is 11.8 Å². The van der Waals surface area contributed by atoms with Crippen LogP contribution in [0.2, 0.25) is 5.02 Å². The Morgan fingerprint density at radius 1 is 1.05 bits per heavy atom. The maximum atomic E-state index is 13.9. The number of rotatable bonds is 8. The quantitative estimate of drug-likeness (QED) is 0.286. The second-order valence-corrected chi connectivity index (χ2v) is 11.4.